The third-order valence-electron chi connectivity index (χ3n) is 7.34. The van der Waals surface area contributed by atoms with Crippen LogP contribution >= 0.6 is 0 Å². The third kappa shape index (κ3) is 5.30. The summed E-state index contributed by atoms with van der Waals surface area (Å²) in [4.78, 5) is 30.7. The Morgan fingerprint density at radius 1 is 1.00 bits per heavy atom. The Labute approximate surface area is 198 Å². The van der Waals surface area contributed by atoms with Gasteiger partial charge in [0.2, 0.25) is 5.91 Å². The zero-order valence-corrected chi connectivity index (χ0v) is 20.2. The number of amides is 2. The van der Waals surface area contributed by atoms with Crippen LogP contribution in [0.3, 0.4) is 0 Å². The molecule has 2 heterocycles. The van der Waals surface area contributed by atoms with Gasteiger partial charge in [-0.1, -0.05) is 54.4 Å². The molecule has 1 fully saturated rings. The highest BCUT2D eigenvalue weighted by molar-refractivity contribution is 6.04. The molecule has 2 aromatic rings. The second kappa shape index (κ2) is 10.5. The molecule has 0 spiro atoms. The molecule has 3 atom stereocenters. The lowest BCUT2D eigenvalue weighted by Gasteiger charge is -2.39. The summed E-state index contributed by atoms with van der Waals surface area (Å²) in [5.74, 6) is -0.120. The van der Waals surface area contributed by atoms with Gasteiger partial charge in [0.25, 0.3) is 5.91 Å². The van der Waals surface area contributed by atoms with Gasteiger partial charge in [0.15, 0.2) is 0 Å². The van der Waals surface area contributed by atoms with E-state index in [0.717, 1.165) is 24.9 Å². The Morgan fingerprint density at radius 3 is 2.42 bits per heavy atom. The zero-order chi connectivity index (χ0) is 23.4. The molecule has 0 bridgehead atoms. The predicted octanol–water partition coefficient (Wildman–Crippen LogP) is 4.50. The summed E-state index contributed by atoms with van der Waals surface area (Å²) >= 11 is 0. The second-order valence-corrected chi connectivity index (χ2v) is 9.74. The van der Waals surface area contributed by atoms with Crippen LogP contribution in [-0.4, -0.2) is 53.3 Å². The maximum absolute atomic E-state index is 13.3. The molecule has 2 aliphatic heterocycles. The van der Waals surface area contributed by atoms with Crippen molar-refractivity contribution in [2.75, 3.05) is 19.6 Å². The summed E-state index contributed by atoms with van der Waals surface area (Å²) in [6.45, 7) is 8.84. The Kier molecular flexibility index (Phi) is 7.49. The normalized spacial score (nSPS) is 22.9. The molecule has 0 aromatic heterocycles. The molecule has 2 aromatic carbocycles. The molecule has 176 valence electrons. The van der Waals surface area contributed by atoms with Crippen molar-refractivity contribution in [3.05, 3.63) is 70.8 Å². The third-order valence-corrected chi connectivity index (χ3v) is 7.34. The summed E-state index contributed by atoms with van der Waals surface area (Å²) in [7, 11) is 0. The molecule has 0 radical (unpaired) electrons. The first kappa shape index (κ1) is 23.5. The zero-order valence-electron chi connectivity index (χ0n) is 20.2. The largest absolute Gasteiger partial charge is 0.354 e. The van der Waals surface area contributed by atoms with Crippen LogP contribution in [0.4, 0.5) is 0 Å². The molecule has 1 saturated heterocycles. The van der Waals surface area contributed by atoms with Gasteiger partial charge in [-0.2, -0.15) is 0 Å². The monoisotopic (exact) mass is 447 g/mol. The predicted molar refractivity (Wildman–Crippen MR) is 132 cm³/mol. The molecule has 1 N–H and O–H groups in total. The SMILES string of the molecule is Cc1ccc(CCN2C(=O)c3ccccc3C2C(=O)NCCCN2C(C)CCCC2C)cc1. The number of hydrogen-bond acceptors (Lipinski definition) is 3. The average Bonchev–Trinajstić information content (AvgIpc) is 3.09. The topological polar surface area (TPSA) is 52.7 Å². The van der Waals surface area contributed by atoms with Crippen molar-refractivity contribution in [2.24, 2.45) is 0 Å². The Balaban J connectivity index is 1.38. The number of nitrogens with zero attached hydrogens (tertiary/aromatic N) is 2. The van der Waals surface area contributed by atoms with E-state index in [9.17, 15) is 9.59 Å². The van der Waals surface area contributed by atoms with Gasteiger partial charge >= 0.3 is 0 Å². The van der Waals surface area contributed by atoms with E-state index in [-0.39, 0.29) is 11.8 Å². The Bertz CT molecular complexity index is 961. The number of carbonyl (C=O) groups excluding carboxylic acids is 2. The first-order valence-corrected chi connectivity index (χ1v) is 12.4. The molecule has 0 aliphatic carbocycles. The molecule has 4 rings (SSSR count). The second-order valence-electron chi connectivity index (χ2n) is 9.74. The van der Waals surface area contributed by atoms with Gasteiger partial charge in [0.1, 0.15) is 6.04 Å². The molecule has 2 aliphatic rings. The van der Waals surface area contributed by atoms with Crippen LogP contribution in [0.1, 0.15) is 72.6 Å². The van der Waals surface area contributed by atoms with Crippen LogP contribution in [0.15, 0.2) is 48.5 Å². The van der Waals surface area contributed by atoms with Gasteiger partial charge in [-0.05, 0) is 63.6 Å². The van der Waals surface area contributed by atoms with Crippen LogP contribution in [0.2, 0.25) is 0 Å². The molecular formula is C28H37N3O2. The number of carbonyl (C=O) groups is 2. The van der Waals surface area contributed by atoms with E-state index in [0.29, 0.717) is 30.7 Å². The van der Waals surface area contributed by atoms with Gasteiger partial charge in [0, 0.05) is 37.3 Å². The van der Waals surface area contributed by atoms with Crippen molar-refractivity contribution in [1.29, 1.82) is 0 Å². The minimum Gasteiger partial charge on any atom is -0.354 e. The summed E-state index contributed by atoms with van der Waals surface area (Å²) in [5, 5.41) is 3.13. The fourth-order valence-electron chi connectivity index (χ4n) is 5.37. The van der Waals surface area contributed by atoms with Crippen molar-refractivity contribution in [3.8, 4) is 0 Å². The van der Waals surface area contributed by atoms with E-state index in [1.807, 2.05) is 24.3 Å². The van der Waals surface area contributed by atoms with Gasteiger partial charge in [0.05, 0.1) is 0 Å². The maximum atomic E-state index is 13.3. The lowest BCUT2D eigenvalue weighted by atomic mass is 9.97. The maximum Gasteiger partial charge on any atom is 0.255 e. The molecule has 2 amide bonds. The van der Waals surface area contributed by atoms with Crippen molar-refractivity contribution in [3.63, 3.8) is 0 Å². The fourth-order valence-corrected chi connectivity index (χ4v) is 5.37. The molecule has 3 unspecified atom stereocenters. The average molecular weight is 448 g/mol. The van der Waals surface area contributed by atoms with Gasteiger partial charge in [-0.3, -0.25) is 14.5 Å². The van der Waals surface area contributed by atoms with Crippen LogP contribution in [0.5, 0.6) is 0 Å². The minimum atomic E-state index is -0.549. The number of piperidine rings is 1. The molecule has 5 heteroatoms. The fraction of sp³-hybridized carbons (Fsp3) is 0.500. The number of nitrogens with one attached hydrogen (secondary N) is 1. The van der Waals surface area contributed by atoms with Gasteiger partial charge in [-0.15, -0.1) is 0 Å². The Hall–Kier alpha value is -2.66. The number of benzene rings is 2. The molecular weight excluding hydrogens is 410 g/mol. The lowest BCUT2D eigenvalue weighted by molar-refractivity contribution is -0.125. The van der Waals surface area contributed by atoms with Gasteiger partial charge < -0.3 is 10.2 Å². The van der Waals surface area contributed by atoms with Crippen LogP contribution in [0.25, 0.3) is 0 Å². The van der Waals surface area contributed by atoms with E-state index < -0.39 is 6.04 Å². The summed E-state index contributed by atoms with van der Waals surface area (Å²) < 4.78 is 0. The van der Waals surface area contributed by atoms with Crippen molar-refractivity contribution < 1.29 is 9.59 Å². The first-order valence-electron chi connectivity index (χ1n) is 12.4. The lowest BCUT2D eigenvalue weighted by Crippen LogP contribution is -2.45. The summed E-state index contributed by atoms with van der Waals surface area (Å²) in [6.07, 6.45) is 5.48. The quantitative estimate of drug-likeness (QED) is 0.606. The van der Waals surface area contributed by atoms with E-state index in [1.54, 1.807) is 4.90 Å². The van der Waals surface area contributed by atoms with Crippen molar-refractivity contribution in [1.82, 2.24) is 15.1 Å². The highest BCUT2D eigenvalue weighted by Crippen LogP contribution is 2.34. The highest BCUT2D eigenvalue weighted by atomic mass is 16.2. The number of likely N-dealkylation sites (tertiary alicyclic amines) is 1. The molecule has 5 nitrogen and oxygen atoms in total. The van der Waals surface area contributed by atoms with Crippen LogP contribution in [-0.2, 0) is 11.2 Å². The summed E-state index contributed by atoms with van der Waals surface area (Å²) in [6, 6.07) is 16.6. The Morgan fingerprint density at radius 2 is 1.70 bits per heavy atom. The minimum absolute atomic E-state index is 0.0474. The van der Waals surface area contributed by atoms with Crippen LogP contribution < -0.4 is 5.32 Å². The summed E-state index contributed by atoms with van der Waals surface area (Å²) in [5.41, 5.74) is 3.86. The van der Waals surface area contributed by atoms with Crippen molar-refractivity contribution >= 4 is 11.8 Å². The van der Waals surface area contributed by atoms with E-state index in [4.69, 9.17) is 0 Å². The molecule has 0 saturated carbocycles. The first-order chi connectivity index (χ1) is 16.0. The van der Waals surface area contributed by atoms with E-state index >= 15 is 0 Å². The standard InChI is InChI=1S/C28H37N3O2/c1-20-12-14-23(15-13-20)16-19-31-26(24-10-4-5-11-25(24)28(31)33)27(32)29-17-7-18-30-21(2)8-6-9-22(30)3/h4-5,10-15,21-22,26H,6-9,16-19H2,1-3H3,(H,29,32). The number of fused-ring (bicyclic) bond motifs is 1. The number of rotatable bonds is 8. The smallest absolute Gasteiger partial charge is 0.255 e. The highest BCUT2D eigenvalue weighted by Gasteiger charge is 2.40. The number of aryl methyl sites for hydroxylation is 1. The van der Waals surface area contributed by atoms with E-state index in [1.165, 1.54) is 30.4 Å². The number of hydrogen-bond donors (Lipinski definition) is 1. The van der Waals surface area contributed by atoms with Crippen LogP contribution in [0, 0.1) is 6.92 Å². The molecule has 33 heavy (non-hydrogen) atoms. The van der Waals surface area contributed by atoms with E-state index in [2.05, 4.69) is 55.3 Å². The van der Waals surface area contributed by atoms with Gasteiger partial charge in [-0.25, -0.2) is 0 Å². The van der Waals surface area contributed by atoms with Crippen molar-refractivity contribution in [2.45, 2.75) is 71.0 Å².